The van der Waals surface area contributed by atoms with E-state index in [1.807, 2.05) is 13.0 Å². The van der Waals surface area contributed by atoms with Crippen molar-refractivity contribution in [3.05, 3.63) is 46.5 Å². The molecule has 74 heavy (non-hydrogen) atoms. The Labute approximate surface area is 444 Å². The number of ether oxygens (including phenoxy) is 7. The van der Waals surface area contributed by atoms with Gasteiger partial charge < -0.3 is 48.1 Å². The summed E-state index contributed by atoms with van der Waals surface area (Å²) in [5, 5.41) is 13.5. The number of aliphatic hydroxyl groups is 1. The van der Waals surface area contributed by atoms with Gasteiger partial charge >= 0.3 is 12.1 Å². The molecule has 10 atom stereocenters. The fourth-order valence-corrected chi connectivity index (χ4v) is 11.5. The monoisotopic (exact) mass is 1090 g/mol. The Morgan fingerprint density at radius 3 is 2.22 bits per heavy atom. The summed E-state index contributed by atoms with van der Waals surface area (Å²) < 4.78 is 40.5. The number of nitrogens with one attached hydrogen (secondary N) is 1. The van der Waals surface area contributed by atoms with Crippen molar-refractivity contribution in [2.45, 2.75) is 119 Å². The zero-order valence-corrected chi connectivity index (χ0v) is 45.6. The fourth-order valence-electron chi connectivity index (χ4n) is 9.41. The van der Waals surface area contributed by atoms with Crippen LogP contribution in [0.1, 0.15) is 65.4 Å². The van der Waals surface area contributed by atoms with Gasteiger partial charge in [0.2, 0.25) is 35.4 Å². The number of imide groups is 2. The number of carbonyl (C=O) groups excluding carboxylic acids is 8. The summed E-state index contributed by atoms with van der Waals surface area (Å²) in [6.45, 7) is 7.60. The highest BCUT2D eigenvalue weighted by Gasteiger charge is 2.64. The predicted octanol–water partition coefficient (Wildman–Crippen LogP) is 3.29. The van der Waals surface area contributed by atoms with E-state index in [0.29, 0.717) is 17.9 Å². The molecule has 1 aromatic carbocycles. The van der Waals surface area contributed by atoms with E-state index < -0.39 is 89.2 Å². The number of benzene rings is 1. The summed E-state index contributed by atoms with van der Waals surface area (Å²) in [5.74, 6) is -3.08. The normalized spacial score (nSPS) is 30.1. The summed E-state index contributed by atoms with van der Waals surface area (Å²) in [6.07, 6.45) is 2.18. The van der Waals surface area contributed by atoms with E-state index in [1.165, 1.54) is 54.7 Å². The number of likely N-dealkylation sites (tertiary alicyclic amines) is 2. The number of hydrogen-bond acceptors (Lipinski definition) is 18. The van der Waals surface area contributed by atoms with E-state index in [1.54, 1.807) is 51.4 Å². The highest BCUT2D eigenvalue weighted by atomic mass is 35.5. The molecule has 24 heteroatoms. The molecule has 408 valence electrons. The smallest absolute Gasteiger partial charge is 0.409 e. The molecule has 4 saturated heterocycles. The number of hydrogen-bond donors (Lipinski definition) is 2. The van der Waals surface area contributed by atoms with E-state index in [2.05, 4.69) is 5.32 Å². The second-order valence-electron chi connectivity index (χ2n) is 19.1. The van der Waals surface area contributed by atoms with Crippen molar-refractivity contribution in [3.63, 3.8) is 0 Å². The number of nitrogens with zero attached hydrogens (tertiary/aromatic N) is 4. The van der Waals surface area contributed by atoms with E-state index in [-0.39, 0.29) is 98.9 Å². The molecule has 4 bridgehead atoms. The number of anilines is 1. The van der Waals surface area contributed by atoms with Crippen LogP contribution in [0.15, 0.2) is 35.9 Å². The SMILES string of the molecule is COc1cc2cc(c1Cl)N(C)C(=O)C[C@H](OC(=O)[C@@H](C)N(C)C(=O)CCSC1CC(=O)N(CCOCCOCCN3C(=O)CC(SC)C3=O)C1=O)[C@]1(C)O[C@H]1[C@H](C)[C@@H]1C[C@@](O)(NC(=O)O1)[C@H](OC)/C=C/C=C(\C)C2. The molecule has 0 aliphatic carbocycles. The van der Waals surface area contributed by atoms with Crippen LogP contribution in [0.4, 0.5) is 10.5 Å². The van der Waals surface area contributed by atoms with Crippen molar-refractivity contribution in [1.29, 1.82) is 0 Å². The number of esters is 1. The molecule has 5 heterocycles. The molecule has 0 aromatic heterocycles. The zero-order valence-electron chi connectivity index (χ0n) is 43.3. The van der Waals surface area contributed by atoms with Gasteiger partial charge in [-0.25, -0.2) is 9.59 Å². The first kappa shape index (κ1) is 58.5. The number of carbonyl (C=O) groups is 8. The number of epoxide rings is 1. The largest absolute Gasteiger partial charge is 0.495 e. The van der Waals surface area contributed by atoms with Gasteiger partial charge in [0.1, 0.15) is 40.7 Å². The van der Waals surface area contributed by atoms with Crippen LogP contribution in [0.5, 0.6) is 5.75 Å². The minimum Gasteiger partial charge on any atom is -0.495 e. The Bertz CT molecular complexity index is 2380. The lowest BCUT2D eigenvalue weighted by molar-refractivity contribution is -0.162. The van der Waals surface area contributed by atoms with Gasteiger partial charge in [0.25, 0.3) is 0 Å². The maximum atomic E-state index is 14.4. The third-order valence-electron chi connectivity index (χ3n) is 14.1. The molecule has 0 radical (unpaired) electrons. The Balaban J connectivity index is 1.06. The minimum absolute atomic E-state index is 0.0320. The average molecular weight is 1090 g/mol. The lowest BCUT2D eigenvalue weighted by atomic mass is 9.83. The highest BCUT2D eigenvalue weighted by Crippen LogP contribution is 2.49. The van der Waals surface area contributed by atoms with Crippen LogP contribution in [-0.2, 0) is 68.4 Å². The van der Waals surface area contributed by atoms with Crippen LogP contribution in [0.3, 0.4) is 0 Å². The van der Waals surface area contributed by atoms with Crippen molar-refractivity contribution >= 4 is 88.3 Å². The molecule has 0 spiro atoms. The number of rotatable bonds is 19. The molecular weight excluding hydrogens is 1030 g/mol. The maximum absolute atomic E-state index is 14.4. The fraction of sp³-hybridized carbons (Fsp3) is 0.640. The lowest BCUT2D eigenvalue weighted by Gasteiger charge is -2.42. The standard InChI is InChI=1S/C50H68ClN5O16S2/c1-28-11-10-12-37(67-8)50(65)27-34(70-48(64)52-50)29(2)44-49(4,72-44)38(26-40(58)54(6)32-22-31(21-28)23-33(66-7)43(32)51)71-47(63)30(3)53(5)39(57)13-20-74-36-25-42(60)56(46(36)62)15-17-69-19-18-68-16-14-55-41(59)24-35(73-9)45(55)61/h10-12,22-23,29-30,34-38,44,65H,13-21,24-27H2,1-9H3,(H,52,64)/b12-10+,28-11+/t29-,30-,34+,35?,36?,37-,38+,44+,49+,50+/m1/s1. The van der Waals surface area contributed by atoms with E-state index in [4.69, 9.17) is 44.8 Å². The first-order valence-corrected chi connectivity index (χ1v) is 27.1. The van der Waals surface area contributed by atoms with Gasteiger partial charge in [-0.1, -0.05) is 42.3 Å². The number of allylic oxidation sites excluding steroid dienone is 3. The summed E-state index contributed by atoms with van der Waals surface area (Å²) >= 11 is 9.31. The van der Waals surface area contributed by atoms with Gasteiger partial charge in [0, 0.05) is 58.6 Å². The molecule has 1 aromatic rings. The molecular formula is C50H68ClN5O16S2. The number of amides is 7. The van der Waals surface area contributed by atoms with Gasteiger partial charge in [-0.15, -0.1) is 11.8 Å². The molecule has 5 aliphatic rings. The molecule has 21 nitrogen and oxygen atoms in total. The number of methoxy groups -OCH3 is 2. The third kappa shape index (κ3) is 13.6. The van der Waals surface area contributed by atoms with Crippen LogP contribution < -0.4 is 15.0 Å². The van der Waals surface area contributed by atoms with Gasteiger partial charge in [-0.05, 0) is 51.1 Å². The van der Waals surface area contributed by atoms with Crippen molar-refractivity contribution in [2.75, 3.05) is 84.7 Å². The molecule has 4 fully saturated rings. The number of fused-ring (bicyclic) bond motifs is 5. The predicted molar refractivity (Wildman–Crippen MR) is 273 cm³/mol. The molecule has 7 amide bonds. The Hall–Kier alpha value is -4.75. The average Bonchev–Trinajstić information content (AvgIpc) is 3.88. The lowest BCUT2D eigenvalue weighted by Crippen LogP contribution is -2.63. The van der Waals surface area contributed by atoms with E-state index >= 15 is 0 Å². The van der Waals surface area contributed by atoms with Crippen molar-refractivity contribution in [2.24, 2.45) is 5.92 Å². The Morgan fingerprint density at radius 1 is 0.973 bits per heavy atom. The Kier molecular flexibility index (Phi) is 20.1. The quantitative estimate of drug-likeness (QED) is 0.0873. The molecule has 6 rings (SSSR count). The minimum atomic E-state index is -1.88. The van der Waals surface area contributed by atoms with E-state index in [9.17, 15) is 43.5 Å². The second-order valence-corrected chi connectivity index (χ2v) is 21.9. The first-order chi connectivity index (χ1) is 35.1. The topological polar surface area (TPSA) is 250 Å². The number of thioether (sulfide) groups is 2. The van der Waals surface area contributed by atoms with Crippen LogP contribution in [0.2, 0.25) is 5.02 Å². The molecule has 0 saturated carbocycles. The molecule has 2 unspecified atom stereocenters. The summed E-state index contributed by atoms with van der Waals surface area (Å²) in [6, 6.07) is 2.38. The Morgan fingerprint density at radius 2 is 1.61 bits per heavy atom. The highest BCUT2D eigenvalue weighted by molar-refractivity contribution is 8.00. The van der Waals surface area contributed by atoms with Gasteiger partial charge in [0.15, 0.2) is 5.72 Å². The van der Waals surface area contributed by atoms with Crippen LogP contribution in [-0.4, -0.2) is 199 Å². The van der Waals surface area contributed by atoms with E-state index in [0.717, 1.165) is 27.8 Å². The van der Waals surface area contributed by atoms with Gasteiger partial charge in [-0.2, -0.15) is 11.8 Å². The van der Waals surface area contributed by atoms with Crippen molar-refractivity contribution < 1.29 is 76.6 Å². The summed E-state index contributed by atoms with van der Waals surface area (Å²) in [4.78, 5) is 110. The van der Waals surface area contributed by atoms with Crippen molar-refractivity contribution in [3.8, 4) is 5.75 Å². The number of halogens is 1. The molecule has 2 N–H and O–H groups in total. The number of alkyl carbamates (subject to hydrolysis) is 1. The van der Waals surface area contributed by atoms with Gasteiger partial charge in [0.05, 0.1) is 75.3 Å². The first-order valence-electron chi connectivity index (χ1n) is 24.4. The van der Waals surface area contributed by atoms with Crippen LogP contribution in [0, 0.1) is 5.92 Å². The number of likely N-dealkylation sites (N-methyl/N-ethyl adjacent to an activating group) is 1. The van der Waals surface area contributed by atoms with Crippen LogP contribution in [0.25, 0.3) is 0 Å². The maximum Gasteiger partial charge on any atom is 0.409 e. The summed E-state index contributed by atoms with van der Waals surface area (Å²) in [7, 11) is 5.85. The zero-order chi connectivity index (χ0) is 54.2. The third-order valence-corrected chi connectivity index (χ3v) is 16.7. The second kappa shape index (κ2) is 25.4. The molecule has 5 aliphatic heterocycles. The van der Waals surface area contributed by atoms with Crippen molar-refractivity contribution in [1.82, 2.24) is 20.0 Å². The summed E-state index contributed by atoms with van der Waals surface area (Å²) in [5.41, 5.74) is -1.20. The van der Waals surface area contributed by atoms with Gasteiger partial charge in [-0.3, -0.25) is 43.9 Å². The van der Waals surface area contributed by atoms with Crippen LogP contribution >= 0.6 is 35.1 Å².